The summed E-state index contributed by atoms with van der Waals surface area (Å²) in [5.41, 5.74) is 9.02. The van der Waals surface area contributed by atoms with Gasteiger partial charge in [-0.1, -0.05) is 41.6 Å². The van der Waals surface area contributed by atoms with Gasteiger partial charge in [0, 0.05) is 43.0 Å². The summed E-state index contributed by atoms with van der Waals surface area (Å²) >= 11 is 0. The van der Waals surface area contributed by atoms with Crippen molar-refractivity contribution < 1.29 is 9.32 Å². The number of nitrogens with two attached hydrogens (primary N) is 1. The number of amides is 1. The number of aromatic nitrogens is 2. The molecule has 0 aliphatic carbocycles. The lowest BCUT2D eigenvalue weighted by molar-refractivity contribution is 0.0551. The molecule has 31 heavy (non-hydrogen) atoms. The monoisotopic (exact) mass is 463 g/mol. The Labute approximate surface area is 194 Å². The molecule has 2 aromatic carbocycles. The highest BCUT2D eigenvalue weighted by Crippen LogP contribution is 2.24. The largest absolute Gasteiger partial charge is 0.399 e. The fourth-order valence-electron chi connectivity index (χ4n) is 3.62. The van der Waals surface area contributed by atoms with E-state index in [2.05, 4.69) is 22.0 Å². The summed E-state index contributed by atoms with van der Waals surface area (Å²) in [4.78, 5) is 21.6. The molecule has 1 unspecified atom stereocenters. The summed E-state index contributed by atoms with van der Waals surface area (Å²) in [6.07, 6.45) is 0. The zero-order valence-electron chi connectivity index (χ0n) is 17.5. The van der Waals surface area contributed by atoms with Crippen LogP contribution in [-0.4, -0.2) is 52.0 Å². The van der Waals surface area contributed by atoms with Gasteiger partial charge >= 0.3 is 0 Å². The van der Waals surface area contributed by atoms with E-state index in [1.807, 2.05) is 54.3 Å². The Kier molecular flexibility index (Phi) is 8.44. The predicted octanol–water partition coefficient (Wildman–Crippen LogP) is 3.99. The van der Waals surface area contributed by atoms with Crippen LogP contribution in [0.4, 0.5) is 5.69 Å². The molecule has 1 atom stereocenters. The second-order valence-corrected chi connectivity index (χ2v) is 7.40. The first kappa shape index (κ1) is 24.7. The van der Waals surface area contributed by atoms with Crippen molar-refractivity contribution >= 4 is 36.4 Å². The molecule has 1 aliphatic heterocycles. The number of carbonyl (C=O) groups is 1. The molecule has 1 amide bonds. The number of aryl methyl sites for hydroxylation is 1. The highest BCUT2D eigenvalue weighted by molar-refractivity contribution is 5.96. The fraction of sp³-hybridized carbons (Fsp3) is 0.318. The summed E-state index contributed by atoms with van der Waals surface area (Å²) in [5, 5.41) is 4.11. The van der Waals surface area contributed by atoms with Crippen LogP contribution in [0.25, 0.3) is 11.4 Å². The second kappa shape index (κ2) is 10.6. The Bertz CT molecular complexity index is 1000. The standard InChI is InChI=1S/C22H25N5O2.2ClH/c1-15-8-9-18(23)14-19(15)22(28)27-12-10-26(11-13-27)16(2)21-24-20(25-29-21)17-6-4-3-5-7-17;;/h3-9,14,16H,10-13,23H2,1-2H3;2*1H. The van der Waals surface area contributed by atoms with Gasteiger partial charge in [-0.05, 0) is 31.5 Å². The van der Waals surface area contributed by atoms with E-state index < -0.39 is 0 Å². The van der Waals surface area contributed by atoms with E-state index in [4.69, 9.17) is 10.3 Å². The number of nitrogen functional groups attached to an aromatic ring is 1. The molecule has 7 nitrogen and oxygen atoms in total. The van der Waals surface area contributed by atoms with Crippen LogP contribution in [0.1, 0.15) is 34.8 Å². The molecule has 2 N–H and O–H groups in total. The smallest absolute Gasteiger partial charge is 0.254 e. The summed E-state index contributed by atoms with van der Waals surface area (Å²) in [6, 6.07) is 15.2. The minimum Gasteiger partial charge on any atom is -0.399 e. The third-order valence-corrected chi connectivity index (χ3v) is 5.47. The van der Waals surface area contributed by atoms with Crippen LogP contribution in [0.15, 0.2) is 53.1 Å². The molecule has 0 bridgehead atoms. The molecule has 2 heterocycles. The third kappa shape index (κ3) is 5.36. The topological polar surface area (TPSA) is 88.5 Å². The van der Waals surface area contributed by atoms with Crippen molar-refractivity contribution in [2.24, 2.45) is 0 Å². The zero-order chi connectivity index (χ0) is 20.4. The Morgan fingerprint density at radius 3 is 2.42 bits per heavy atom. The zero-order valence-corrected chi connectivity index (χ0v) is 19.2. The number of rotatable bonds is 4. The van der Waals surface area contributed by atoms with Crippen LogP contribution in [0.3, 0.4) is 0 Å². The van der Waals surface area contributed by atoms with Gasteiger partial charge in [-0.2, -0.15) is 4.98 Å². The van der Waals surface area contributed by atoms with Crippen molar-refractivity contribution in [2.45, 2.75) is 19.9 Å². The number of piperazine rings is 1. The lowest BCUT2D eigenvalue weighted by Crippen LogP contribution is -2.49. The van der Waals surface area contributed by atoms with E-state index >= 15 is 0 Å². The third-order valence-electron chi connectivity index (χ3n) is 5.47. The second-order valence-electron chi connectivity index (χ2n) is 7.40. The van der Waals surface area contributed by atoms with Crippen molar-refractivity contribution in [1.82, 2.24) is 19.9 Å². The maximum Gasteiger partial charge on any atom is 0.254 e. The average Bonchev–Trinajstić information content (AvgIpc) is 3.25. The SMILES string of the molecule is Cc1ccc(N)cc1C(=O)N1CCN(C(C)c2nc(-c3ccccc3)no2)CC1.Cl.Cl. The molecular weight excluding hydrogens is 437 g/mol. The van der Waals surface area contributed by atoms with E-state index in [1.54, 1.807) is 6.07 Å². The lowest BCUT2D eigenvalue weighted by atomic mass is 10.1. The van der Waals surface area contributed by atoms with Crippen molar-refractivity contribution in [3.8, 4) is 11.4 Å². The van der Waals surface area contributed by atoms with Gasteiger partial charge in [0.25, 0.3) is 5.91 Å². The normalized spacial score (nSPS) is 15.0. The number of nitrogens with zero attached hydrogens (tertiary/aromatic N) is 4. The van der Waals surface area contributed by atoms with Crippen LogP contribution >= 0.6 is 24.8 Å². The molecule has 0 saturated carbocycles. The molecule has 1 aromatic heterocycles. The highest BCUT2D eigenvalue weighted by Gasteiger charge is 2.28. The Hall–Kier alpha value is -2.61. The van der Waals surface area contributed by atoms with Crippen molar-refractivity contribution in [3.05, 3.63) is 65.5 Å². The summed E-state index contributed by atoms with van der Waals surface area (Å²) in [5.74, 6) is 1.22. The molecule has 1 saturated heterocycles. The van der Waals surface area contributed by atoms with Crippen LogP contribution in [0.2, 0.25) is 0 Å². The first-order chi connectivity index (χ1) is 14.0. The van der Waals surface area contributed by atoms with E-state index in [-0.39, 0.29) is 36.8 Å². The fourth-order valence-corrected chi connectivity index (χ4v) is 3.62. The highest BCUT2D eigenvalue weighted by atomic mass is 35.5. The van der Waals surface area contributed by atoms with Crippen molar-refractivity contribution in [2.75, 3.05) is 31.9 Å². The van der Waals surface area contributed by atoms with Gasteiger partial charge in [0.15, 0.2) is 0 Å². The number of hydrogen-bond acceptors (Lipinski definition) is 6. The van der Waals surface area contributed by atoms with Crippen LogP contribution < -0.4 is 5.73 Å². The average molecular weight is 464 g/mol. The van der Waals surface area contributed by atoms with Crippen molar-refractivity contribution in [1.29, 1.82) is 0 Å². The van der Waals surface area contributed by atoms with E-state index in [0.717, 1.165) is 24.2 Å². The van der Waals surface area contributed by atoms with Gasteiger partial charge in [0.05, 0.1) is 6.04 Å². The minimum atomic E-state index is -0.00804. The number of hydrogen-bond donors (Lipinski definition) is 1. The minimum absolute atomic E-state index is 0. The van der Waals surface area contributed by atoms with Gasteiger partial charge in [-0.3, -0.25) is 9.69 Å². The lowest BCUT2D eigenvalue weighted by Gasteiger charge is -2.37. The van der Waals surface area contributed by atoms with Crippen molar-refractivity contribution in [3.63, 3.8) is 0 Å². The van der Waals surface area contributed by atoms with E-state index in [0.29, 0.717) is 36.1 Å². The van der Waals surface area contributed by atoms with Gasteiger partial charge in [0.2, 0.25) is 11.7 Å². The van der Waals surface area contributed by atoms with Crippen LogP contribution in [-0.2, 0) is 0 Å². The van der Waals surface area contributed by atoms with Crippen LogP contribution in [0.5, 0.6) is 0 Å². The van der Waals surface area contributed by atoms with E-state index in [9.17, 15) is 4.79 Å². The molecule has 1 aliphatic rings. The number of anilines is 1. The molecule has 166 valence electrons. The maximum absolute atomic E-state index is 12.9. The van der Waals surface area contributed by atoms with E-state index in [1.165, 1.54) is 0 Å². The molecular formula is C22H27Cl2N5O2. The number of carbonyl (C=O) groups excluding carboxylic acids is 1. The Morgan fingerprint density at radius 1 is 1.06 bits per heavy atom. The first-order valence-corrected chi connectivity index (χ1v) is 9.81. The summed E-state index contributed by atoms with van der Waals surface area (Å²) < 4.78 is 5.51. The number of halogens is 2. The summed E-state index contributed by atoms with van der Waals surface area (Å²) in [6.45, 7) is 6.79. The Balaban J connectivity index is 0.00000171. The molecule has 9 heteroatoms. The number of benzene rings is 2. The predicted molar refractivity (Wildman–Crippen MR) is 126 cm³/mol. The Morgan fingerprint density at radius 2 is 1.74 bits per heavy atom. The van der Waals surface area contributed by atoms with Gasteiger partial charge in [0.1, 0.15) is 0 Å². The maximum atomic E-state index is 12.9. The molecule has 3 aromatic rings. The van der Waals surface area contributed by atoms with Crippen LogP contribution in [0, 0.1) is 6.92 Å². The van der Waals surface area contributed by atoms with Gasteiger partial charge in [-0.15, -0.1) is 24.8 Å². The van der Waals surface area contributed by atoms with Gasteiger partial charge < -0.3 is 15.2 Å². The molecule has 0 radical (unpaired) electrons. The quantitative estimate of drug-likeness (QED) is 0.588. The summed E-state index contributed by atoms with van der Waals surface area (Å²) in [7, 11) is 0. The molecule has 1 fully saturated rings. The molecule has 0 spiro atoms. The van der Waals surface area contributed by atoms with Gasteiger partial charge in [-0.25, -0.2) is 0 Å². The first-order valence-electron chi connectivity index (χ1n) is 9.81. The molecule has 4 rings (SSSR count).